The van der Waals surface area contributed by atoms with Gasteiger partial charge in [0, 0.05) is 52.6 Å². The summed E-state index contributed by atoms with van der Waals surface area (Å²) in [5.41, 5.74) is 4.43. The summed E-state index contributed by atoms with van der Waals surface area (Å²) in [4.78, 5) is 40.0. The Morgan fingerprint density at radius 3 is 2.63 bits per heavy atom. The molecule has 0 bridgehead atoms. The molecule has 1 saturated heterocycles. The minimum absolute atomic E-state index is 0.0333. The second kappa shape index (κ2) is 11.7. The van der Waals surface area contributed by atoms with Gasteiger partial charge < -0.3 is 9.47 Å². The van der Waals surface area contributed by atoms with E-state index in [0.29, 0.717) is 16.4 Å². The van der Waals surface area contributed by atoms with Crippen LogP contribution >= 0.6 is 11.3 Å². The number of imidazole rings is 1. The molecule has 2 aromatic carbocycles. The summed E-state index contributed by atoms with van der Waals surface area (Å²) in [6.45, 7) is 4.00. The number of halogens is 1. The zero-order valence-corrected chi connectivity index (χ0v) is 24.5. The minimum atomic E-state index is -1.02. The van der Waals surface area contributed by atoms with Crippen LogP contribution in [-0.2, 0) is 30.8 Å². The highest BCUT2D eigenvalue weighted by atomic mass is 32.1. The Labute approximate surface area is 253 Å². The molecule has 43 heavy (non-hydrogen) atoms. The Bertz CT molecular complexity index is 1730. The van der Waals surface area contributed by atoms with Crippen molar-refractivity contribution in [2.75, 3.05) is 18.4 Å². The number of piperidine rings is 1. The van der Waals surface area contributed by atoms with Crippen molar-refractivity contribution in [3.8, 4) is 11.8 Å². The first kappa shape index (κ1) is 27.5. The highest BCUT2D eigenvalue weighted by Gasteiger charge is 2.42. The van der Waals surface area contributed by atoms with E-state index >= 15 is 4.39 Å². The predicted molar refractivity (Wildman–Crippen MR) is 162 cm³/mol. The molecule has 1 atom stereocenters. The van der Waals surface area contributed by atoms with Crippen molar-refractivity contribution in [3.05, 3.63) is 99.3 Å². The van der Waals surface area contributed by atoms with Crippen LogP contribution in [-0.4, -0.2) is 49.2 Å². The van der Waals surface area contributed by atoms with Crippen LogP contribution < -0.4 is 5.32 Å². The summed E-state index contributed by atoms with van der Waals surface area (Å²) in [5, 5.41) is 5.01. The lowest BCUT2D eigenvalue weighted by molar-refractivity contribution is -0.121. The highest BCUT2D eigenvalue weighted by molar-refractivity contribution is 7.13. The number of hydrogen-bond donors (Lipinski definition) is 1. The van der Waals surface area contributed by atoms with Crippen molar-refractivity contribution in [2.24, 2.45) is 0 Å². The van der Waals surface area contributed by atoms with Crippen molar-refractivity contribution < 1.29 is 14.0 Å². The number of nitrogens with one attached hydrogen (secondary N) is 1. The Morgan fingerprint density at radius 1 is 1.02 bits per heavy atom. The second-order valence-corrected chi connectivity index (χ2v) is 12.2. The first-order valence-corrected chi connectivity index (χ1v) is 15.6. The number of fused-ring (bicyclic) bond motifs is 2. The topological polar surface area (TPSA) is 83.4 Å². The lowest BCUT2D eigenvalue weighted by Crippen LogP contribution is -2.38. The molecule has 1 fully saturated rings. The third-order valence-corrected chi connectivity index (χ3v) is 9.14. The van der Waals surface area contributed by atoms with E-state index in [9.17, 15) is 9.59 Å². The van der Waals surface area contributed by atoms with Crippen molar-refractivity contribution in [1.29, 1.82) is 0 Å². The molecule has 10 heteroatoms. The summed E-state index contributed by atoms with van der Waals surface area (Å²) in [7, 11) is 0. The van der Waals surface area contributed by atoms with Crippen LogP contribution in [0.15, 0.2) is 54.3 Å². The Hall–Kier alpha value is -4.33. The molecule has 218 valence electrons. The fourth-order valence-electron chi connectivity index (χ4n) is 6.28. The predicted octanol–water partition coefficient (Wildman–Crippen LogP) is 5.15. The van der Waals surface area contributed by atoms with Gasteiger partial charge in [-0.1, -0.05) is 30.4 Å². The quantitative estimate of drug-likeness (QED) is 0.313. The van der Waals surface area contributed by atoms with Gasteiger partial charge in [-0.15, -0.1) is 11.3 Å². The fourth-order valence-corrected chi connectivity index (χ4v) is 6.82. The molecule has 2 amide bonds. The third kappa shape index (κ3) is 5.58. The van der Waals surface area contributed by atoms with Crippen LogP contribution in [0.4, 0.5) is 9.52 Å². The van der Waals surface area contributed by atoms with E-state index in [1.54, 1.807) is 24.0 Å². The number of thiazole rings is 1. The molecule has 7 rings (SSSR count). The molecule has 0 aliphatic carbocycles. The van der Waals surface area contributed by atoms with Gasteiger partial charge in [-0.25, -0.2) is 14.4 Å². The number of hydrogen-bond acceptors (Lipinski definition) is 6. The van der Waals surface area contributed by atoms with E-state index < -0.39 is 23.7 Å². The van der Waals surface area contributed by atoms with Crippen LogP contribution in [0.25, 0.3) is 0 Å². The maximum atomic E-state index is 15.5. The first-order valence-electron chi connectivity index (χ1n) is 14.7. The summed E-state index contributed by atoms with van der Waals surface area (Å²) in [5.74, 6) is 4.80. The summed E-state index contributed by atoms with van der Waals surface area (Å²) < 4.78 is 17.5. The number of likely N-dealkylation sites (tertiary alicyclic amines) is 1. The van der Waals surface area contributed by atoms with Crippen LogP contribution in [0.1, 0.15) is 75.7 Å². The molecule has 1 N–H and O–H groups in total. The van der Waals surface area contributed by atoms with Gasteiger partial charge in [0.05, 0.1) is 18.6 Å². The summed E-state index contributed by atoms with van der Waals surface area (Å²) in [6, 6.07) is 10.1. The molecule has 1 unspecified atom stereocenters. The minimum Gasteiger partial charge on any atom is -0.334 e. The fraction of sp³-hybridized carbons (Fsp3) is 0.333. The molecule has 0 saturated carbocycles. The Balaban J connectivity index is 1.13. The smallest absolute Gasteiger partial charge is 0.255 e. The molecule has 0 spiro atoms. The van der Waals surface area contributed by atoms with Crippen molar-refractivity contribution in [1.82, 2.24) is 24.3 Å². The third-order valence-electron chi connectivity index (χ3n) is 8.45. The summed E-state index contributed by atoms with van der Waals surface area (Å²) >= 11 is 1.29. The molecule has 4 aromatic rings. The van der Waals surface area contributed by atoms with Gasteiger partial charge in [-0.3, -0.25) is 19.8 Å². The summed E-state index contributed by atoms with van der Waals surface area (Å²) in [6.07, 6.45) is 8.84. The molecule has 0 radical (unpaired) electrons. The van der Waals surface area contributed by atoms with E-state index in [2.05, 4.69) is 44.2 Å². The average molecular weight is 595 g/mol. The van der Waals surface area contributed by atoms with Gasteiger partial charge in [0.25, 0.3) is 11.8 Å². The number of anilines is 1. The van der Waals surface area contributed by atoms with Crippen molar-refractivity contribution in [3.63, 3.8) is 0 Å². The van der Waals surface area contributed by atoms with Gasteiger partial charge in [0.1, 0.15) is 5.82 Å². The lowest BCUT2D eigenvalue weighted by atomic mass is 10.0. The monoisotopic (exact) mass is 594 g/mol. The molecule has 3 aliphatic heterocycles. The van der Waals surface area contributed by atoms with E-state index in [0.717, 1.165) is 50.3 Å². The Morgan fingerprint density at radius 2 is 1.84 bits per heavy atom. The standard InChI is InChI=1S/C33H31FN6O2S/c34-27-18-24(11-8-22-6-9-23(10-7-22)19-38-13-2-1-3-14-38)17-25-26(27)20-40(32(25)42)30(31(41)37-33-35-12-16-43-33)29-28-5-4-15-39(28)21-36-29/h6-7,9-10,12,16-18,21,30H,1-5,13-15,19-20H2,(H,35,37,41). The van der Waals surface area contributed by atoms with Crippen LogP contribution in [0.2, 0.25) is 0 Å². The molecular weight excluding hydrogens is 563 g/mol. The van der Waals surface area contributed by atoms with Gasteiger partial charge >= 0.3 is 0 Å². The van der Waals surface area contributed by atoms with Crippen molar-refractivity contribution in [2.45, 2.75) is 57.8 Å². The molecule has 2 aromatic heterocycles. The number of carbonyl (C=O) groups is 2. The van der Waals surface area contributed by atoms with Gasteiger partial charge in [0.2, 0.25) is 0 Å². The lowest BCUT2D eigenvalue weighted by Gasteiger charge is -2.26. The van der Waals surface area contributed by atoms with Crippen LogP contribution in [0, 0.1) is 17.7 Å². The van der Waals surface area contributed by atoms with E-state index in [1.807, 2.05) is 16.7 Å². The largest absolute Gasteiger partial charge is 0.334 e. The molecule has 8 nitrogen and oxygen atoms in total. The van der Waals surface area contributed by atoms with Crippen LogP contribution in [0.3, 0.4) is 0 Å². The van der Waals surface area contributed by atoms with E-state index in [1.165, 1.54) is 47.1 Å². The number of benzene rings is 2. The van der Waals surface area contributed by atoms with Crippen LogP contribution in [0.5, 0.6) is 0 Å². The number of carbonyl (C=O) groups excluding carboxylic acids is 2. The van der Waals surface area contributed by atoms with E-state index in [4.69, 9.17) is 0 Å². The second-order valence-electron chi connectivity index (χ2n) is 11.3. The average Bonchev–Trinajstić information content (AvgIpc) is 3.82. The van der Waals surface area contributed by atoms with Gasteiger partial charge in [0.15, 0.2) is 11.2 Å². The maximum absolute atomic E-state index is 15.5. The van der Waals surface area contributed by atoms with Crippen molar-refractivity contribution >= 4 is 28.3 Å². The maximum Gasteiger partial charge on any atom is 0.255 e. The zero-order chi connectivity index (χ0) is 29.3. The number of aromatic nitrogens is 3. The molecule has 3 aliphatic rings. The normalized spacial score (nSPS) is 16.9. The zero-order valence-electron chi connectivity index (χ0n) is 23.7. The number of amides is 2. The van der Waals surface area contributed by atoms with Gasteiger partial charge in [-0.05, 0) is 68.6 Å². The first-order chi connectivity index (χ1) is 21.0. The van der Waals surface area contributed by atoms with Gasteiger partial charge in [-0.2, -0.15) is 0 Å². The Kier molecular flexibility index (Phi) is 7.51. The number of rotatable bonds is 6. The molecule has 5 heterocycles. The SMILES string of the molecule is O=C(Nc1nccs1)C(c1ncn2c1CCC2)N1Cc2c(F)cc(C#Cc3ccc(CN4CCCCC4)cc3)cc2C1=O. The van der Waals surface area contributed by atoms with E-state index in [-0.39, 0.29) is 17.7 Å². The number of aryl methyl sites for hydroxylation is 1. The highest BCUT2D eigenvalue weighted by Crippen LogP contribution is 2.36. The number of nitrogens with zero attached hydrogens (tertiary/aromatic N) is 5. The molecular formula is C33H31FN6O2S.